The SMILES string of the molecule is CC(C)(CS)Oc1cccc(C#Cc2ccc(C(=O)O)cc2)c1. The van der Waals surface area contributed by atoms with E-state index in [2.05, 4.69) is 24.5 Å². The summed E-state index contributed by atoms with van der Waals surface area (Å²) in [6, 6.07) is 14.0. The van der Waals surface area contributed by atoms with Crippen molar-refractivity contribution in [3.63, 3.8) is 0 Å². The van der Waals surface area contributed by atoms with Crippen LogP contribution in [0.3, 0.4) is 0 Å². The van der Waals surface area contributed by atoms with Gasteiger partial charge in [-0.2, -0.15) is 12.6 Å². The fourth-order valence-corrected chi connectivity index (χ4v) is 1.89. The van der Waals surface area contributed by atoms with Gasteiger partial charge in [0, 0.05) is 16.9 Å². The number of benzene rings is 2. The molecule has 0 unspecified atom stereocenters. The molecule has 23 heavy (non-hydrogen) atoms. The molecule has 0 aliphatic carbocycles. The van der Waals surface area contributed by atoms with E-state index in [0.717, 1.165) is 16.9 Å². The van der Waals surface area contributed by atoms with E-state index in [4.69, 9.17) is 9.84 Å². The van der Waals surface area contributed by atoms with Gasteiger partial charge in [-0.15, -0.1) is 0 Å². The number of hydrogen-bond donors (Lipinski definition) is 2. The third-order valence-electron chi connectivity index (χ3n) is 3.09. The second kappa shape index (κ2) is 7.26. The third-order valence-corrected chi connectivity index (χ3v) is 3.85. The van der Waals surface area contributed by atoms with Crippen molar-refractivity contribution < 1.29 is 14.6 Å². The molecule has 0 radical (unpaired) electrons. The molecule has 1 N–H and O–H groups in total. The van der Waals surface area contributed by atoms with Gasteiger partial charge in [0.2, 0.25) is 0 Å². The quantitative estimate of drug-likeness (QED) is 0.662. The summed E-state index contributed by atoms with van der Waals surface area (Å²) in [5, 5.41) is 8.87. The number of aromatic carboxylic acids is 1. The lowest BCUT2D eigenvalue weighted by Gasteiger charge is -2.24. The maximum absolute atomic E-state index is 10.8. The molecule has 3 nitrogen and oxygen atoms in total. The van der Waals surface area contributed by atoms with Gasteiger partial charge in [-0.1, -0.05) is 17.9 Å². The minimum atomic E-state index is -0.943. The maximum Gasteiger partial charge on any atom is 0.335 e. The predicted octanol–water partition coefficient (Wildman–Crippen LogP) is 3.87. The predicted molar refractivity (Wildman–Crippen MR) is 94.4 cm³/mol. The zero-order chi connectivity index (χ0) is 16.9. The Kier molecular flexibility index (Phi) is 5.36. The standard InChI is InChI=1S/C19H18O3S/c1-19(2,13-23)22-17-5-3-4-15(12-17)7-6-14-8-10-16(11-9-14)18(20)21/h3-5,8-12,23H,13H2,1-2H3,(H,20,21). The lowest BCUT2D eigenvalue weighted by atomic mass is 10.1. The highest BCUT2D eigenvalue weighted by Gasteiger charge is 2.17. The minimum Gasteiger partial charge on any atom is -0.487 e. The molecular weight excluding hydrogens is 308 g/mol. The van der Waals surface area contributed by atoms with Gasteiger partial charge in [-0.05, 0) is 56.3 Å². The molecule has 0 saturated carbocycles. The highest BCUT2D eigenvalue weighted by Crippen LogP contribution is 2.20. The number of ether oxygens (including phenoxy) is 1. The average Bonchev–Trinajstić information content (AvgIpc) is 2.53. The van der Waals surface area contributed by atoms with Gasteiger partial charge in [0.1, 0.15) is 11.4 Å². The second-order valence-electron chi connectivity index (χ2n) is 5.68. The number of rotatable bonds is 4. The van der Waals surface area contributed by atoms with E-state index in [1.807, 2.05) is 38.1 Å². The van der Waals surface area contributed by atoms with Crippen molar-refractivity contribution in [1.82, 2.24) is 0 Å². The van der Waals surface area contributed by atoms with Gasteiger partial charge in [0.25, 0.3) is 0 Å². The molecule has 2 aromatic carbocycles. The van der Waals surface area contributed by atoms with Crippen LogP contribution in [0.4, 0.5) is 0 Å². The number of thiol groups is 1. The van der Waals surface area contributed by atoms with Crippen LogP contribution in [0.25, 0.3) is 0 Å². The molecule has 2 aromatic rings. The van der Waals surface area contributed by atoms with Crippen molar-refractivity contribution in [3.8, 4) is 17.6 Å². The van der Waals surface area contributed by atoms with Crippen molar-refractivity contribution >= 4 is 18.6 Å². The van der Waals surface area contributed by atoms with Crippen LogP contribution in [-0.2, 0) is 0 Å². The normalized spacial score (nSPS) is 10.6. The van der Waals surface area contributed by atoms with Gasteiger partial charge >= 0.3 is 5.97 Å². The van der Waals surface area contributed by atoms with Crippen LogP contribution < -0.4 is 4.74 Å². The summed E-state index contributed by atoms with van der Waals surface area (Å²) in [6.07, 6.45) is 0. The molecule has 4 heteroatoms. The van der Waals surface area contributed by atoms with Crippen molar-refractivity contribution in [2.45, 2.75) is 19.4 Å². The molecule has 0 bridgehead atoms. The molecule has 0 aromatic heterocycles. The van der Waals surface area contributed by atoms with Crippen LogP contribution in [0.2, 0.25) is 0 Å². The van der Waals surface area contributed by atoms with Crippen LogP contribution in [0, 0.1) is 11.8 Å². The van der Waals surface area contributed by atoms with E-state index in [0.29, 0.717) is 5.75 Å². The zero-order valence-electron chi connectivity index (χ0n) is 13.0. The number of carbonyl (C=O) groups is 1. The molecular formula is C19H18O3S. The fraction of sp³-hybridized carbons (Fsp3) is 0.211. The van der Waals surface area contributed by atoms with Crippen LogP contribution in [0.5, 0.6) is 5.75 Å². The number of carboxylic acids is 1. The summed E-state index contributed by atoms with van der Waals surface area (Å²) in [7, 11) is 0. The first-order valence-electron chi connectivity index (χ1n) is 7.15. The largest absolute Gasteiger partial charge is 0.487 e. The Bertz CT molecular complexity index is 752. The van der Waals surface area contributed by atoms with E-state index >= 15 is 0 Å². The summed E-state index contributed by atoms with van der Waals surface area (Å²) < 4.78 is 5.88. The monoisotopic (exact) mass is 326 g/mol. The molecule has 0 atom stereocenters. The molecule has 0 heterocycles. The first-order valence-corrected chi connectivity index (χ1v) is 7.78. The molecule has 0 saturated heterocycles. The molecule has 0 aliphatic rings. The lowest BCUT2D eigenvalue weighted by molar-refractivity contribution is 0.0697. The van der Waals surface area contributed by atoms with E-state index in [-0.39, 0.29) is 11.2 Å². The molecule has 2 rings (SSSR count). The Labute approximate surface area is 141 Å². The second-order valence-corrected chi connectivity index (χ2v) is 6.00. The molecule has 0 spiro atoms. The van der Waals surface area contributed by atoms with Crippen LogP contribution in [0.1, 0.15) is 35.3 Å². The summed E-state index contributed by atoms with van der Waals surface area (Å²) in [6.45, 7) is 3.95. The zero-order valence-corrected chi connectivity index (χ0v) is 13.9. The fourth-order valence-electron chi connectivity index (χ4n) is 1.83. The molecule has 0 aliphatic heterocycles. The molecule has 0 fully saturated rings. The lowest BCUT2D eigenvalue weighted by Crippen LogP contribution is -2.30. The Morgan fingerprint density at radius 2 is 1.78 bits per heavy atom. The first kappa shape index (κ1) is 17.0. The highest BCUT2D eigenvalue weighted by molar-refractivity contribution is 7.80. The minimum absolute atomic E-state index is 0.250. The summed E-state index contributed by atoms with van der Waals surface area (Å²) in [5.74, 6) is 6.49. The van der Waals surface area contributed by atoms with Crippen molar-refractivity contribution in [1.29, 1.82) is 0 Å². The number of carboxylic acid groups (broad SMARTS) is 1. The van der Waals surface area contributed by atoms with E-state index in [1.54, 1.807) is 24.3 Å². The molecule has 118 valence electrons. The molecule has 0 amide bonds. The van der Waals surface area contributed by atoms with Crippen LogP contribution >= 0.6 is 12.6 Å². The number of hydrogen-bond acceptors (Lipinski definition) is 3. The van der Waals surface area contributed by atoms with Gasteiger partial charge in [0.15, 0.2) is 0 Å². The first-order chi connectivity index (χ1) is 10.9. The van der Waals surface area contributed by atoms with Gasteiger partial charge in [-0.25, -0.2) is 4.79 Å². The van der Waals surface area contributed by atoms with Crippen LogP contribution in [0.15, 0.2) is 48.5 Å². The van der Waals surface area contributed by atoms with E-state index in [9.17, 15) is 4.79 Å². The van der Waals surface area contributed by atoms with Crippen molar-refractivity contribution in [3.05, 3.63) is 65.2 Å². The summed E-state index contributed by atoms with van der Waals surface area (Å²) in [4.78, 5) is 10.8. The maximum atomic E-state index is 10.8. The highest BCUT2D eigenvalue weighted by atomic mass is 32.1. The third kappa shape index (κ3) is 5.08. The van der Waals surface area contributed by atoms with Gasteiger partial charge in [0.05, 0.1) is 5.56 Å². The van der Waals surface area contributed by atoms with Gasteiger partial charge in [-0.3, -0.25) is 0 Å². The Morgan fingerprint density at radius 1 is 1.13 bits per heavy atom. The van der Waals surface area contributed by atoms with Crippen molar-refractivity contribution in [2.24, 2.45) is 0 Å². The summed E-state index contributed by atoms with van der Waals surface area (Å²) >= 11 is 4.27. The van der Waals surface area contributed by atoms with E-state index in [1.165, 1.54) is 0 Å². The average molecular weight is 326 g/mol. The van der Waals surface area contributed by atoms with Crippen LogP contribution in [-0.4, -0.2) is 22.4 Å². The van der Waals surface area contributed by atoms with Gasteiger partial charge < -0.3 is 9.84 Å². The Hall–Kier alpha value is -2.38. The summed E-state index contributed by atoms with van der Waals surface area (Å²) in [5.41, 5.74) is 1.50. The Balaban J connectivity index is 2.16. The van der Waals surface area contributed by atoms with Crippen molar-refractivity contribution in [2.75, 3.05) is 5.75 Å². The smallest absolute Gasteiger partial charge is 0.335 e. The Morgan fingerprint density at radius 3 is 2.39 bits per heavy atom. The topological polar surface area (TPSA) is 46.5 Å². The van der Waals surface area contributed by atoms with E-state index < -0.39 is 5.97 Å².